The predicted octanol–water partition coefficient (Wildman–Crippen LogP) is 3.97. The maximum absolute atomic E-state index is 4.47. The first kappa shape index (κ1) is 10.9. The summed E-state index contributed by atoms with van der Waals surface area (Å²) in [6.07, 6.45) is 2.99. The van der Waals surface area contributed by atoms with E-state index < -0.39 is 0 Å². The van der Waals surface area contributed by atoms with Crippen molar-refractivity contribution in [2.24, 2.45) is 4.99 Å². The number of allylic oxidation sites excluding steroid dienone is 3. The normalized spacial score (nSPS) is 15.6. The van der Waals surface area contributed by atoms with Crippen LogP contribution in [0.15, 0.2) is 27.7 Å². The van der Waals surface area contributed by atoms with E-state index in [-0.39, 0.29) is 0 Å². The van der Waals surface area contributed by atoms with Crippen LogP contribution >= 0.6 is 0 Å². The van der Waals surface area contributed by atoms with Crippen LogP contribution in [0.25, 0.3) is 5.32 Å². The molecule has 0 bridgehead atoms. The molecule has 1 rings (SSSR count). The van der Waals surface area contributed by atoms with E-state index in [1.807, 2.05) is 27.0 Å². The molecule has 1 heterocycles. The molecule has 0 amide bonds. The van der Waals surface area contributed by atoms with E-state index in [9.17, 15) is 0 Å². The number of rotatable bonds is 2. The third kappa shape index (κ3) is 2.19. The highest BCUT2D eigenvalue weighted by Gasteiger charge is 1.97. The lowest BCUT2D eigenvalue weighted by molar-refractivity contribution is 0.953. The fourth-order valence-electron chi connectivity index (χ4n) is 1.32. The largest absolute Gasteiger partial charge is 0.506 e. The fraction of sp³-hybridized carbons (Fsp3) is 0.500. The summed E-state index contributed by atoms with van der Waals surface area (Å²) < 4.78 is 0. The van der Waals surface area contributed by atoms with Gasteiger partial charge >= 0.3 is 0 Å². The average molecular weight is 190 g/mol. The highest BCUT2D eigenvalue weighted by Crippen LogP contribution is 2.30. The van der Waals surface area contributed by atoms with Gasteiger partial charge in [0.25, 0.3) is 0 Å². The molecule has 1 aliphatic rings. The Hall–Kier alpha value is -1.18. The van der Waals surface area contributed by atoms with Gasteiger partial charge in [-0.15, -0.1) is 0 Å². The van der Waals surface area contributed by atoms with Crippen molar-refractivity contribution >= 4 is 6.21 Å². The molecule has 0 aromatic carbocycles. The molecule has 0 saturated carbocycles. The first-order valence-corrected chi connectivity index (χ1v) is 5.03. The summed E-state index contributed by atoms with van der Waals surface area (Å²) in [6.45, 7) is 10.4. The molecule has 0 spiro atoms. The van der Waals surface area contributed by atoms with Crippen LogP contribution in [0.3, 0.4) is 0 Å². The highest BCUT2D eigenvalue weighted by atomic mass is 15.1. The Morgan fingerprint density at radius 2 is 2.14 bits per heavy atom. The Morgan fingerprint density at radius 1 is 1.50 bits per heavy atom. The summed E-state index contributed by atoms with van der Waals surface area (Å²) in [5, 5.41) is 4.47. The maximum atomic E-state index is 4.47. The molecule has 0 radical (unpaired) electrons. The van der Waals surface area contributed by atoms with Gasteiger partial charge in [-0.1, -0.05) is 38.6 Å². The van der Waals surface area contributed by atoms with E-state index in [2.05, 4.69) is 24.2 Å². The third-order valence-electron chi connectivity index (χ3n) is 2.42. The number of nitrogens with zero attached hydrogens (tertiary/aromatic N) is 2. The number of hydrogen-bond acceptors (Lipinski definition) is 1. The van der Waals surface area contributed by atoms with Crippen LogP contribution in [0.1, 0.15) is 41.0 Å². The van der Waals surface area contributed by atoms with Crippen molar-refractivity contribution in [3.63, 3.8) is 0 Å². The monoisotopic (exact) mass is 190 g/mol. The van der Waals surface area contributed by atoms with Crippen LogP contribution < -0.4 is 0 Å². The van der Waals surface area contributed by atoms with Crippen LogP contribution in [0, 0.1) is 5.92 Å². The SMILES string of the molecule is CC[C-](C)C1=C(C)[N-]C(=C(C)C)N=C1. The second-order valence-electron chi connectivity index (χ2n) is 3.83. The van der Waals surface area contributed by atoms with Gasteiger partial charge in [0, 0.05) is 0 Å². The van der Waals surface area contributed by atoms with E-state index in [1.54, 1.807) is 0 Å². The summed E-state index contributed by atoms with van der Waals surface area (Å²) in [6, 6.07) is 0. The minimum absolute atomic E-state index is 0.857. The fourth-order valence-corrected chi connectivity index (χ4v) is 1.32. The third-order valence-corrected chi connectivity index (χ3v) is 2.42. The van der Waals surface area contributed by atoms with Gasteiger partial charge in [0.2, 0.25) is 0 Å². The molecule has 2 nitrogen and oxygen atoms in total. The van der Waals surface area contributed by atoms with Crippen LogP contribution in [0.2, 0.25) is 0 Å². The zero-order valence-corrected chi connectivity index (χ0v) is 9.68. The van der Waals surface area contributed by atoms with Gasteiger partial charge in [0.05, 0.1) is 0 Å². The summed E-state index contributed by atoms with van der Waals surface area (Å²) >= 11 is 0. The number of hydrogen-bond donors (Lipinski definition) is 0. The Morgan fingerprint density at radius 3 is 2.57 bits per heavy atom. The highest BCUT2D eigenvalue weighted by molar-refractivity contribution is 5.88. The molecule has 0 saturated heterocycles. The van der Waals surface area contributed by atoms with Gasteiger partial charge < -0.3 is 10.3 Å². The van der Waals surface area contributed by atoms with Crippen molar-refractivity contribution in [1.82, 2.24) is 0 Å². The standard InChI is InChI=1S/C12H18N2/c1-6-9(4)11-7-13-12(8(2)3)14-10(11)5/h7H,6H2,1-5H3/q-2. The predicted molar refractivity (Wildman–Crippen MR) is 62.1 cm³/mol. The summed E-state index contributed by atoms with van der Waals surface area (Å²) in [4.78, 5) is 4.34. The summed E-state index contributed by atoms with van der Waals surface area (Å²) in [7, 11) is 0. The van der Waals surface area contributed by atoms with Gasteiger partial charge in [-0.05, 0) is 13.8 Å². The quantitative estimate of drug-likeness (QED) is 0.589. The topological polar surface area (TPSA) is 26.5 Å². The van der Waals surface area contributed by atoms with Crippen molar-refractivity contribution in [1.29, 1.82) is 0 Å². The van der Waals surface area contributed by atoms with E-state index in [1.165, 1.54) is 11.5 Å². The Bertz CT molecular complexity index is 304. The second kappa shape index (κ2) is 4.36. The summed E-state index contributed by atoms with van der Waals surface area (Å²) in [5.41, 5.74) is 3.43. The van der Waals surface area contributed by atoms with Gasteiger partial charge in [-0.25, -0.2) is 0 Å². The van der Waals surface area contributed by atoms with Crippen molar-refractivity contribution in [3.8, 4) is 0 Å². The maximum Gasteiger partial charge on any atom is -0.0441 e. The van der Waals surface area contributed by atoms with E-state index in [0.717, 1.165) is 23.5 Å². The minimum atomic E-state index is 0.857. The summed E-state index contributed by atoms with van der Waals surface area (Å²) in [5.74, 6) is 2.21. The number of aliphatic imine (C=N–C) groups is 1. The zero-order chi connectivity index (χ0) is 10.7. The van der Waals surface area contributed by atoms with Crippen LogP contribution in [-0.2, 0) is 0 Å². The van der Waals surface area contributed by atoms with E-state index in [0.29, 0.717) is 0 Å². The van der Waals surface area contributed by atoms with Crippen LogP contribution in [-0.4, -0.2) is 6.21 Å². The van der Waals surface area contributed by atoms with E-state index in [4.69, 9.17) is 0 Å². The van der Waals surface area contributed by atoms with Gasteiger partial charge in [0.15, 0.2) is 0 Å². The first-order chi connectivity index (χ1) is 6.56. The Labute approximate surface area is 86.8 Å². The van der Waals surface area contributed by atoms with Crippen LogP contribution in [0.4, 0.5) is 0 Å². The molecule has 78 valence electrons. The molecule has 1 aliphatic heterocycles. The molecular weight excluding hydrogens is 172 g/mol. The Kier molecular flexibility index (Phi) is 3.39. The van der Waals surface area contributed by atoms with Gasteiger partial charge in [0.1, 0.15) is 0 Å². The lowest BCUT2D eigenvalue weighted by Crippen LogP contribution is -2.04. The molecule has 0 aromatic rings. The van der Waals surface area contributed by atoms with Crippen molar-refractivity contribution in [2.45, 2.75) is 41.0 Å². The van der Waals surface area contributed by atoms with Crippen molar-refractivity contribution in [3.05, 3.63) is 33.9 Å². The molecule has 0 N–H and O–H groups in total. The molecule has 0 aromatic heterocycles. The molecule has 0 fully saturated rings. The average Bonchev–Trinajstić information content (AvgIpc) is 2.16. The molecule has 2 heteroatoms. The smallest absolute Gasteiger partial charge is 0.0441 e. The van der Waals surface area contributed by atoms with Crippen LogP contribution in [0.5, 0.6) is 0 Å². The molecule has 0 atom stereocenters. The molecule has 14 heavy (non-hydrogen) atoms. The lowest BCUT2D eigenvalue weighted by Gasteiger charge is -2.38. The molecule has 0 unspecified atom stereocenters. The van der Waals surface area contributed by atoms with E-state index >= 15 is 0 Å². The first-order valence-electron chi connectivity index (χ1n) is 5.03. The Balaban J connectivity index is 2.90. The molecular formula is C12H18N2-2. The second-order valence-corrected chi connectivity index (χ2v) is 3.83. The molecule has 0 aliphatic carbocycles. The van der Waals surface area contributed by atoms with Crippen molar-refractivity contribution in [2.75, 3.05) is 0 Å². The van der Waals surface area contributed by atoms with Crippen molar-refractivity contribution < 1.29 is 0 Å². The minimum Gasteiger partial charge on any atom is -0.506 e. The van der Waals surface area contributed by atoms with Gasteiger partial charge in [-0.2, -0.15) is 23.4 Å². The zero-order valence-electron chi connectivity index (χ0n) is 9.68. The lowest BCUT2D eigenvalue weighted by atomic mass is 9.97. The van der Waals surface area contributed by atoms with Gasteiger partial charge in [-0.3, -0.25) is 0 Å².